The maximum atomic E-state index is 13.9. The molecule has 2 N–H and O–H groups in total. The number of nitrogens with zero attached hydrogens (tertiary/aromatic N) is 2. The van der Waals surface area contributed by atoms with Gasteiger partial charge in [0.05, 0.1) is 0 Å². The average Bonchev–Trinajstić information content (AvgIpc) is 3.14. The van der Waals surface area contributed by atoms with Crippen molar-refractivity contribution in [3.63, 3.8) is 0 Å². The summed E-state index contributed by atoms with van der Waals surface area (Å²) >= 11 is 0. The van der Waals surface area contributed by atoms with E-state index in [1.165, 1.54) is 10.7 Å². The van der Waals surface area contributed by atoms with Crippen molar-refractivity contribution in [1.29, 1.82) is 0 Å². The standard InChI is InChI=1S/C17H17F2N3O2/c1-10-6-15(17(24)20-13-4-2-11(7-13)9-23)21-22(10)16-5-3-12(18)8-14(16)19/h2-6,8,11,13,23H,7,9H2,1H3,(H,20,24)/t11-,13+/m0/s1. The molecule has 0 spiro atoms. The predicted octanol–water partition coefficient (Wildman–Crippen LogP) is 2.13. The van der Waals surface area contributed by atoms with Gasteiger partial charge in [-0.3, -0.25) is 4.79 Å². The van der Waals surface area contributed by atoms with Crippen LogP contribution in [0, 0.1) is 24.5 Å². The molecule has 1 aliphatic carbocycles. The van der Waals surface area contributed by atoms with Crippen molar-refractivity contribution >= 4 is 5.91 Å². The van der Waals surface area contributed by atoms with Crippen LogP contribution in [0.15, 0.2) is 36.4 Å². The van der Waals surface area contributed by atoms with E-state index >= 15 is 0 Å². The molecule has 0 unspecified atom stereocenters. The summed E-state index contributed by atoms with van der Waals surface area (Å²) in [4.78, 5) is 12.3. The van der Waals surface area contributed by atoms with E-state index in [2.05, 4.69) is 10.4 Å². The normalized spacial score (nSPS) is 19.7. The second-order valence-corrected chi connectivity index (χ2v) is 5.82. The SMILES string of the molecule is Cc1cc(C(=O)N[C@@H]2C=C[C@H](CO)C2)nn1-c1ccc(F)cc1F. The van der Waals surface area contributed by atoms with Gasteiger partial charge in [-0.1, -0.05) is 12.2 Å². The molecule has 0 saturated carbocycles. The Morgan fingerprint density at radius 3 is 2.83 bits per heavy atom. The lowest BCUT2D eigenvalue weighted by Gasteiger charge is -2.11. The smallest absolute Gasteiger partial charge is 0.272 e. The first kappa shape index (κ1) is 16.3. The van der Waals surface area contributed by atoms with Gasteiger partial charge in [-0.05, 0) is 31.5 Å². The van der Waals surface area contributed by atoms with E-state index in [1.54, 1.807) is 13.0 Å². The molecule has 0 saturated heterocycles. The van der Waals surface area contributed by atoms with Crippen LogP contribution < -0.4 is 5.32 Å². The van der Waals surface area contributed by atoms with E-state index in [9.17, 15) is 13.6 Å². The Labute approximate surface area is 137 Å². The molecule has 2 aromatic rings. The number of benzene rings is 1. The molecule has 2 atom stereocenters. The van der Waals surface area contributed by atoms with Crippen LogP contribution in [0.5, 0.6) is 0 Å². The third kappa shape index (κ3) is 3.21. The van der Waals surface area contributed by atoms with E-state index in [0.29, 0.717) is 12.1 Å². The Balaban J connectivity index is 1.79. The monoisotopic (exact) mass is 333 g/mol. The number of amides is 1. The van der Waals surface area contributed by atoms with Crippen LogP contribution in [-0.4, -0.2) is 33.4 Å². The number of nitrogens with one attached hydrogen (secondary N) is 1. The Hall–Kier alpha value is -2.54. The topological polar surface area (TPSA) is 67.2 Å². The number of rotatable bonds is 4. The number of hydrogen-bond donors (Lipinski definition) is 2. The highest BCUT2D eigenvalue weighted by Crippen LogP contribution is 2.19. The van der Waals surface area contributed by atoms with Gasteiger partial charge in [-0.25, -0.2) is 13.5 Å². The van der Waals surface area contributed by atoms with Crippen LogP contribution >= 0.6 is 0 Å². The second-order valence-electron chi connectivity index (χ2n) is 5.82. The highest BCUT2D eigenvalue weighted by Gasteiger charge is 2.22. The van der Waals surface area contributed by atoms with Crippen LogP contribution in [0.25, 0.3) is 5.69 Å². The minimum absolute atomic E-state index is 0.0421. The van der Waals surface area contributed by atoms with Gasteiger partial charge in [0.25, 0.3) is 5.91 Å². The lowest BCUT2D eigenvalue weighted by Crippen LogP contribution is -2.33. The Kier molecular flexibility index (Phi) is 4.44. The molecule has 1 amide bonds. The first-order valence-corrected chi connectivity index (χ1v) is 7.60. The second kappa shape index (κ2) is 6.52. The summed E-state index contributed by atoms with van der Waals surface area (Å²) in [5, 5.41) is 16.0. The lowest BCUT2D eigenvalue weighted by atomic mass is 10.1. The van der Waals surface area contributed by atoms with Gasteiger partial charge in [0.2, 0.25) is 0 Å². The van der Waals surface area contributed by atoms with E-state index in [1.807, 2.05) is 12.2 Å². The highest BCUT2D eigenvalue weighted by molar-refractivity contribution is 5.92. The zero-order valence-corrected chi connectivity index (χ0v) is 13.0. The van der Waals surface area contributed by atoms with Crippen molar-refractivity contribution in [2.24, 2.45) is 5.92 Å². The van der Waals surface area contributed by atoms with E-state index in [-0.39, 0.29) is 35.9 Å². The zero-order chi connectivity index (χ0) is 17.3. The molecule has 0 bridgehead atoms. The molecular weight excluding hydrogens is 316 g/mol. The van der Waals surface area contributed by atoms with Crippen molar-refractivity contribution in [2.75, 3.05) is 6.61 Å². The number of aliphatic hydroxyl groups excluding tert-OH is 1. The van der Waals surface area contributed by atoms with E-state index in [4.69, 9.17) is 5.11 Å². The highest BCUT2D eigenvalue weighted by atomic mass is 19.1. The van der Waals surface area contributed by atoms with Crippen molar-refractivity contribution in [3.8, 4) is 5.69 Å². The zero-order valence-electron chi connectivity index (χ0n) is 13.0. The first-order valence-electron chi connectivity index (χ1n) is 7.60. The molecule has 7 heteroatoms. The molecule has 1 aromatic heterocycles. The number of carbonyl (C=O) groups is 1. The quantitative estimate of drug-likeness (QED) is 0.843. The predicted molar refractivity (Wildman–Crippen MR) is 83.8 cm³/mol. The number of aryl methyl sites for hydroxylation is 1. The molecule has 3 rings (SSSR count). The Morgan fingerprint density at radius 1 is 1.38 bits per heavy atom. The summed E-state index contributed by atoms with van der Waals surface area (Å²) in [6.45, 7) is 1.73. The summed E-state index contributed by atoms with van der Waals surface area (Å²) in [6, 6.07) is 4.56. The van der Waals surface area contributed by atoms with Gasteiger partial charge in [0.15, 0.2) is 11.5 Å². The molecule has 24 heavy (non-hydrogen) atoms. The van der Waals surface area contributed by atoms with Gasteiger partial charge < -0.3 is 10.4 Å². The fraction of sp³-hybridized carbons (Fsp3) is 0.294. The molecule has 1 aliphatic rings. The molecule has 5 nitrogen and oxygen atoms in total. The minimum Gasteiger partial charge on any atom is -0.396 e. The summed E-state index contributed by atoms with van der Waals surface area (Å²) in [5.41, 5.74) is 0.784. The van der Waals surface area contributed by atoms with Crippen molar-refractivity contribution in [1.82, 2.24) is 15.1 Å². The molecule has 0 fully saturated rings. The van der Waals surface area contributed by atoms with Crippen LogP contribution in [-0.2, 0) is 0 Å². The first-order chi connectivity index (χ1) is 11.5. The minimum atomic E-state index is -0.752. The number of aromatic nitrogens is 2. The number of halogens is 2. The third-order valence-corrected chi connectivity index (χ3v) is 3.98. The van der Waals surface area contributed by atoms with Crippen LogP contribution in [0.2, 0.25) is 0 Å². The van der Waals surface area contributed by atoms with Crippen molar-refractivity contribution in [3.05, 3.63) is 59.4 Å². The Morgan fingerprint density at radius 2 is 2.17 bits per heavy atom. The third-order valence-electron chi connectivity index (χ3n) is 3.98. The van der Waals surface area contributed by atoms with Gasteiger partial charge in [-0.15, -0.1) is 0 Å². The van der Waals surface area contributed by atoms with Gasteiger partial charge in [0.1, 0.15) is 11.5 Å². The number of aliphatic hydroxyl groups is 1. The summed E-state index contributed by atoms with van der Waals surface area (Å²) in [6.07, 6.45) is 4.33. The van der Waals surface area contributed by atoms with Crippen LogP contribution in [0.3, 0.4) is 0 Å². The molecule has 126 valence electrons. The van der Waals surface area contributed by atoms with E-state index in [0.717, 1.165) is 12.1 Å². The van der Waals surface area contributed by atoms with Crippen LogP contribution in [0.4, 0.5) is 8.78 Å². The molecular formula is C17H17F2N3O2. The molecule has 1 heterocycles. The molecule has 1 aromatic carbocycles. The fourth-order valence-corrected chi connectivity index (χ4v) is 2.74. The summed E-state index contributed by atoms with van der Waals surface area (Å²) in [5.74, 6) is -1.77. The maximum Gasteiger partial charge on any atom is 0.272 e. The van der Waals surface area contributed by atoms with Gasteiger partial charge >= 0.3 is 0 Å². The van der Waals surface area contributed by atoms with Crippen molar-refractivity contribution < 1.29 is 18.7 Å². The van der Waals surface area contributed by atoms with Crippen LogP contribution in [0.1, 0.15) is 22.6 Å². The van der Waals surface area contributed by atoms with E-state index < -0.39 is 11.6 Å². The van der Waals surface area contributed by atoms with Gasteiger partial charge in [0, 0.05) is 30.3 Å². The summed E-state index contributed by atoms with van der Waals surface area (Å²) < 4.78 is 28.2. The lowest BCUT2D eigenvalue weighted by molar-refractivity contribution is 0.0935. The van der Waals surface area contributed by atoms with Gasteiger partial charge in [-0.2, -0.15) is 5.10 Å². The number of hydrogen-bond acceptors (Lipinski definition) is 3. The molecule has 0 radical (unpaired) electrons. The summed E-state index contributed by atoms with van der Waals surface area (Å²) in [7, 11) is 0. The maximum absolute atomic E-state index is 13.9. The number of carbonyl (C=O) groups excluding carboxylic acids is 1. The van der Waals surface area contributed by atoms with Crippen molar-refractivity contribution in [2.45, 2.75) is 19.4 Å². The Bertz CT molecular complexity index is 801. The molecule has 0 aliphatic heterocycles. The largest absolute Gasteiger partial charge is 0.396 e. The fourth-order valence-electron chi connectivity index (χ4n) is 2.74. The average molecular weight is 333 g/mol.